The number of unbranched alkanes of at least 4 members (excludes halogenated alkanes) is 2. The number of nitrogens with one attached hydrogen (secondary N) is 5. The zero-order valence-corrected chi connectivity index (χ0v) is 67.5. The van der Waals surface area contributed by atoms with Crippen molar-refractivity contribution < 1.29 is 128 Å². The third-order valence-electron chi connectivity index (χ3n) is 20.2. The number of rotatable bonds is 60. The van der Waals surface area contributed by atoms with E-state index in [9.17, 15) is 38.4 Å². The first-order chi connectivity index (χ1) is 52.9. The highest BCUT2D eigenvalue weighted by Gasteiger charge is 2.43. The molecule has 1 aromatic rings. The molecular weight excluding hydrogens is 1440 g/mol. The zero-order chi connectivity index (χ0) is 80.3. The van der Waals surface area contributed by atoms with E-state index >= 15 is 0 Å². The summed E-state index contributed by atoms with van der Waals surface area (Å²) in [6.45, 7) is 28.1. The molecule has 1 aromatic carbocycles. The van der Waals surface area contributed by atoms with Crippen molar-refractivity contribution in [2.75, 3.05) is 185 Å². The van der Waals surface area contributed by atoms with Gasteiger partial charge in [0.2, 0.25) is 23.6 Å². The van der Waals surface area contributed by atoms with Gasteiger partial charge >= 0.3 is 24.0 Å². The summed E-state index contributed by atoms with van der Waals surface area (Å²) in [7, 11) is 0. The van der Waals surface area contributed by atoms with Gasteiger partial charge in [-0.05, 0) is 53.9 Å². The van der Waals surface area contributed by atoms with Gasteiger partial charge in [-0.3, -0.25) is 33.6 Å². The van der Waals surface area contributed by atoms with Crippen LogP contribution in [0, 0.1) is 53.3 Å². The van der Waals surface area contributed by atoms with E-state index in [0.717, 1.165) is 5.56 Å². The Morgan fingerprint density at radius 3 is 1.02 bits per heavy atom. The van der Waals surface area contributed by atoms with Crippen molar-refractivity contribution >= 4 is 47.6 Å². The topological polar surface area (TPSA) is 372 Å². The Morgan fingerprint density at radius 1 is 0.336 bits per heavy atom. The molecule has 3 aliphatic heterocycles. The summed E-state index contributed by atoms with van der Waals surface area (Å²) in [5.74, 6) is -0.584. The van der Waals surface area contributed by atoms with Crippen LogP contribution in [-0.2, 0) is 130 Å². The number of hydrogen-bond acceptors (Lipinski definition) is 27. The third-order valence-corrected chi connectivity index (χ3v) is 20.2. The SMILES string of the molecule is CC(=O)OCC1OC(OCCOCCOCCNC(=O)CCOCC(COCCC(=O)NCCOCCOCCOC2OC(COC(C)=O)C(C)C(C)C2C)(COCCC(=O)NCCOCCOCCOC2OC(COC(C)=O)C(C)C(C)C2C)NC(=O)CCCCCNC(=O)OCc2ccccc2)C(C)C(C)C1C. The van der Waals surface area contributed by atoms with Crippen LogP contribution in [0.25, 0.3) is 0 Å². The maximum absolute atomic E-state index is 13.9. The smallest absolute Gasteiger partial charge is 0.407 e. The normalized spacial score (nSPS) is 24.5. The summed E-state index contributed by atoms with van der Waals surface area (Å²) in [4.78, 5) is 99.8. The molecule has 15 atom stereocenters. The van der Waals surface area contributed by atoms with Crippen LogP contribution in [0.15, 0.2) is 30.3 Å². The molecule has 3 fully saturated rings. The Balaban J connectivity index is 1.25. The average Bonchev–Trinajstić information content (AvgIpc) is 0.832. The predicted molar refractivity (Wildman–Crippen MR) is 400 cm³/mol. The number of hydrogen-bond donors (Lipinski definition) is 5. The van der Waals surface area contributed by atoms with Crippen LogP contribution < -0.4 is 26.6 Å². The molecule has 3 heterocycles. The first-order valence-electron chi connectivity index (χ1n) is 39.4. The molecule has 4 rings (SSSR count). The molecule has 0 aliphatic carbocycles. The van der Waals surface area contributed by atoms with Crippen LogP contribution >= 0.6 is 0 Å². The van der Waals surface area contributed by atoms with Gasteiger partial charge in [-0.2, -0.15) is 0 Å². The predicted octanol–water partition coefficient (Wildman–Crippen LogP) is 5.64. The number of esters is 3. The van der Waals surface area contributed by atoms with Gasteiger partial charge in [0.05, 0.1) is 157 Å². The van der Waals surface area contributed by atoms with Gasteiger partial charge < -0.3 is 117 Å². The highest BCUT2D eigenvalue weighted by molar-refractivity contribution is 5.77. The molecule has 32 nitrogen and oxygen atoms in total. The lowest BCUT2D eigenvalue weighted by Gasteiger charge is -2.43. The molecule has 15 unspecified atom stereocenters. The Hall–Kier alpha value is -5.82. The van der Waals surface area contributed by atoms with Crippen molar-refractivity contribution in [2.45, 2.75) is 177 Å². The summed E-state index contributed by atoms with van der Waals surface area (Å²) in [5, 5.41) is 14.3. The average molecular weight is 1570 g/mol. The second kappa shape index (κ2) is 57.2. The Morgan fingerprint density at radius 2 is 0.673 bits per heavy atom. The summed E-state index contributed by atoms with van der Waals surface area (Å²) in [6.07, 6.45) is -1.17. The summed E-state index contributed by atoms with van der Waals surface area (Å²) >= 11 is 0. The van der Waals surface area contributed by atoms with Crippen LogP contribution in [0.2, 0.25) is 0 Å². The molecule has 3 aliphatic rings. The number of benzene rings is 1. The summed E-state index contributed by atoms with van der Waals surface area (Å²) < 4.78 is 110. The van der Waals surface area contributed by atoms with Crippen LogP contribution in [0.5, 0.6) is 0 Å². The lowest BCUT2D eigenvalue weighted by Crippen LogP contribution is -2.58. The van der Waals surface area contributed by atoms with Crippen molar-refractivity contribution in [3.63, 3.8) is 0 Å². The van der Waals surface area contributed by atoms with Crippen molar-refractivity contribution in [3.05, 3.63) is 35.9 Å². The highest BCUT2D eigenvalue weighted by atomic mass is 16.7. The fourth-order valence-corrected chi connectivity index (χ4v) is 12.3. The Bertz CT molecular complexity index is 2490. The second-order valence-electron chi connectivity index (χ2n) is 28.6. The molecule has 0 bridgehead atoms. The molecule has 32 heteroatoms. The van der Waals surface area contributed by atoms with Gasteiger partial charge in [0.25, 0.3) is 0 Å². The lowest BCUT2D eigenvalue weighted by molar-refractivity contribution is -0.258. The highest BCUT2D eigenvalue weighted by Crippen LogP contribution is 2.38. The molecular formula is C78H133N5O27. The molecule has 0 aromatic heterocycles. The number of ether oxygens (including phenoxy) is 19. The van der Waals surface area contributed by atoms with E-state index in [1.165, 1.54) is 20.8 Å². The fraction of sp³-hybridized carbons (Fsp3) is 0.821. The maximum atomic E-state index is 13.9. The van der Waals surface area contributed by atoms with E-state index in [-0.39, 0.29) is 264 Å². The van der Waals surface area contributed by atoms with Crippen LogP contribution in [0.4, 0.5) is 4.79 Å². The first-order valence-corrected chi connectivity index (χ1v) is 39.4. The van der Waals surface area contributed by atoms with E-state index in [2.05, 4.69) is 88.9 Å². The lowest BCUT2D eigenvalue weighted by atomic mass is 9.79. The summed E-state index contributed by atoms with van der Waals surface area (Å²) in [5.41, 5.74) is -0.509. The standard InChI is InChI=1S/C78H133N5O27/c1-54-57(4)67(48-104-63(10)84)108-74(60(54)7)101-44-41-95-38-35-92-32-26-79-70(87)22-29-98-51-78(83-73(90)21-17-14-18-25-82-77(91)107-47-66-19-15-13-16-20-66,52-99-30-23-71(88)80-27-33-93-36-39-96-42-45-102-75-61(8)55(2)58(5)68(109-75)49-105-64(11)85)53-100-31-24-72(89)81-28-34-94-37-40-97-43-46-103-76-62(9)56(3)59(6)69(110-76)50-106-65(12)86/h13,15-16,19-20,54-62,67-69,74-76H,14,17-18,21-53H2,1-12H3,(H,79,87)(H,80,88)(H,81,89)(H,82,91)(H,83,90). The van der Waals surface area contributed by atoms with Crippen LogP contribution in [0.3, 0.4) is 0 Å². The van der Waals surface area contributed by atoms with Gasteiger partial charge in [-0.1, -0.05) is 99.1 Å². The van der Waals surface area contributed by atoms with Gasteiger partial charge in [0, 0.05) is 90.4 Å². The van der Waals surface area contributed by atoms with Crippen molar-refractivity contribution in [2.24, 2.45) is 53.3 Å². The van der Waals surface area contributed by atoms with Crippen LogP contribution in [-0.4, -0.2) is 275 Å². The Kier molecular flexibility index (Phi) is 50.2. The van der Waals surface area contributed by atoms with Crippen molar-refractivity contribution in [3.8, 4) is 0 Å². The van der Waals surface area contributed by atoms with Crippen molar-refractivity contribution in [1.29, 1.82) is 0 Å². The molecule has 5 amide bonds. The maximum Gasteiger partial charge on any atom is 0.407 e. The quantitative estimate of drug-likeness (QED) is 0.0299. The zero-order valence-electron chi connectivity index (χ0n) is 67.5. The molecule has 0 spiro atoms. The Labute approximate surface area is 651 Å². The van der Waals surface area contributed by atoms with E-state index in [0.29, 0.717) is 85.3 Å². The minimum atomic E-state index is -1.37. The van der Waals surface area contributed by atoms with Gasteiger partial charge in [0.1, 0.15) is 32.0 Å². The largest absolute Gasteiger partial charge is 0.463 e. The molecule has 632 valence electrons. The molecule has 0 radical (unpaired) electrons. The minimum absolute atomic E-state index is 0.0416. The van der Waals surface area contributed by atoms with E-state index < -0.39 is 30.5 Å². The molecule has 110 heavy (non-hydrogen) atoms. The van der Waals surface area contributed by atoms with E-state index in [1.807, 2.05) is 30.3 Å². The third kappa shape index (κ3) is 41.3. The molecule has 0 saturated carbocycles. The molecule has 3 saturated heterocycles. The number of amides is 5. The number of carbonyl (C=O) groups excluding carboxylic acids is 8. The monoisotopic (exact) mass is 1570 g/mol. The van der Waals surface area contributed by atoms with E-state index in [1.54, 1.807) is 0 Å². The van der Waals surface area contributed by atoms with Gasteiger partial charge in [0.15, 0.2) is 18.9 Å². The second-order valence-corrected chi connectivity index (χ2v) is 28.6. The number of alkyl carbamates (subject to hydrolysis) is 1. The number of carbonyl (C=O) groups is 8. The summed E-state index contributed by atoms with van der Waals surface area (Å²) in [6, 6.07) is 9.32. The van der Waals surface area contributed by atoms with Crippen LogP contribution in [0.1, 0.15) is 134 Å². The van der Waals surface area contributed by atoms with Crippen molar-refractivity contribution in [1.82, 2.24) is 26.6 Å². The minimum Gasteiger partial charge on any atom is -0.463 e. The first kappa shape index (κ1) is 96.5. The fourth-order valence-electron chi connectivity index (χ4n) is 12.3. The van der Waals surface area contributed by atoms with Gasteiger partial charge in [-0.25, -0.2) is 4.79 Å². The van der Waals surface area contributed by atoms with E-state index in [4.69, 9.17) is 90.0 Å². The molecule has 5 N–H and O–H groups in total. The van der Waals surface area contributed by atoms with Gasteiger partial charge in [-0.15, -0.1) is 0 Å².